The number of sulfone groups is 1. The summed E-state index contributed by atoms with van der Waals surface area (Å²) >= 11 is 6.10. The van der Waals surface area contributed by atoms with Crippen molar-refractivity contribution in [3.8, 4) is 0 Å². The molecule has 0 spiro atoms. The van der Waals surface area contributed by atoms with Gasteiger partial charge in [0.15, 0.2) is 15.8 Å². The van der Waals surface area contributed by atoms with Crippen LogP contribution in [0.5, 0.6) is 0 Å². The zero-order valence-electron chi connectivity index (χ0n) is 12.4. The minimum absolute atomic E-state index is 0. The van der Waals surface area contributed by atoms with Crippen LogP contribution in [0.2, 0.25) is 5.02 Å². The highest BCUT2D eigenvalue weighted by Crippen LogP contribution is 2.16. The van der Waals surface area contributed by atoms with Crippen LogP contribution in [-0.4, -0.2) is 38.5 Å². The van der Waals surface area contributed by atoms with Crippen LogP contribution in [0.25, 0.3) is 0 Å². The van der Waals surface area contributed by atoms with Gasteiger partial charge >= 0.3 is 0 Å². The fraction of sp³-hybridized carbons (Fsp3) is 0.500. The average Bonchev–Trinajstić information content (AvgIpc) is 2.77. The molecule has 0 aliphatic carbocycles. The molecule has 1 aromatic rings. The van der Waals surface area contributed by atoms with Gasteiger partial charge in [0.25, 0.3) is 0 Å². The van der Waals surface area contributed by atoms with E-state index in [-0.39, 0.29) is 41.5 Å². The molecule has 124 valence electrons. The zero-order chi connectivity index (χ0) is 15.3. The van der Waals surface area contributed by atoms with Crippen molar-refractivity contribution < 1.29 is 8.42 Å². The van der Waals surface area contributed by atoms with Crippen molar-refractivity contribution in [1.82, 2.24) is 10.6 Å². The van der Waals surface area contributed by atoms with Gasteiger partial charge in [0.05, 0.1) is 18.1 Å². The van der Waals surface area contributed by atoms with Gasteiger partial charge in [-0.25, -0.2) is 13.4 Å². The van der Waals surface area contributed by atoms with Crippen LogP contribution in [0.15, 0.2) is 29.3 Å². The third-order valence-electron chi connectivity index (χ3n) is 3.28. The van der Waals surface area contributed by atoms with Crippen LogP contribution in [0, 0.1) is 0 Å². The molecule has 1 heterocycles. The molecule has 0 bridgehead atoms. The molecule has 2 N–H and O–H groups in total. The van der Waals surface area contributed by atoms with Gasteiger partial charge in [-0.15, -0.1) is 24.0 Å². The highest BCUT2D eigenvalue weighted by Gasteiger charge is 2.28. The lowest BCUT2D eigenvalue weighted by Crippen LogP contribution is -2.44. The van der Waals surface area contributed by atoms with Gasteiger partial charge in [0.1, 0.15) is 0 Å². The summed E-state index contributed by atoms with van der Waals surface area (Å²) in [5.74, 6) is 1.04. The van der Waals surface area contributed by atoms with Crippen LogP contribution in [0.3, 0.4) is 0 Å². The van der Waals surface area contributed by atoms with E-state index in [2.05, 4.69) is 15.6 Å². The molecular weight excluding hydrogens is 437 g/mol. The van der Waals surface area contributed by atoms with Crippen molar-refractivity contribution in [2.45, 2.75) is 25.9 Å². The predicted molar refractivity (Wildman–Crippen MR) is 102 cm³/mol. The second-order valence-corrected chi connectivity index (χ2v) is 7.67. The van der Waals surface area contributed by atoms with Crippen LogP contribution >= 0.6 is 35.6 Å². The normalized spacial score (nSPS) is 20.3. The van der Waals surface area contributed by atoms with Gasteiger partial charge < -0.3 is 10.6 Å². The molecule has 1 aliphatic rings. The first-order chi connectivity index (χ1) is 10.00. The van der Waals surface area contributed by atoms with E-state index in [0.29, 0.717) is 30.5 Å². The van der Waals surface area contributed by atoms with E-state index in [4.69, 9.17) is 11.6 Å². The smallest absolute Gasteiger partial charge is 0.191 e. The number of benzene rings is 1. The van der Waals surface area contributed by atoms with Crippen molar-refractivity contribution in [3.05, 3.63) is 34.9 Å². The Morgan fingerprint density at radius 1 is 1.41 bits per heavy atom. The SMILES string of the molecule is CCNC(=NCc1ccccc1Cl)NC1CCS(=O)(=O)C1.I. The summed E-state index contributed by atoms with van der Waals surface area (Å²) in [5.41, 5.74) is 0.940. The Morgan fingerprint density at radius 2 is 2.14 bits per heavy atom. The van der Waals surface area contributed by atoms with E-state index in [9.17, 15) is 8.42 Å². The number of nitrogens with zero attached hydrogens (tertiary/aromatic N) is 1. The molecule has 0 aromatic heterocycles. The topological polar surface area (TPSA) is 70.6 Å². The minimum atomic E-state index is -2.90. The first-order valence-electron chi connectivity index (χ1n) is 6.99. The fourth-order valence-corrected chi connectivity index (χ4v) is 4.08. The molecule has 2 rings (SSSR count). The number of guanidine groups is 1. The summed E-state index contributed by atoms with van der Waals surface area (Å²) in [6.45, 7) is 3.14. The number of aliphatic imine (C=N–C) groups is 1. The van der Waals surface area contributed by atoms with Crippen LogP contribution in [-0.2, 0) is 16.4 Å². The molecule has 0 radical (unpaired) electrons. The molecule has 22 heavy (non-hydrogen) atoms. The molecule has 0 amide bonds. The highest BCUT2D eigenvalue weighted by atomic mass is 127. The molecule has 1 atom stereocenters. The zero-order valence-corrected chi connectivity index (χ0v) is 16.3. The van der Waals surface area contributed by atoms with Crippen LogP contribution < -0.4 is 10.6 Å². The Balaban J connectivity index is 0.00000242. The fourth-order valence-electron chi connectivity index (χ4n) is 2.21. The Hall–Kier alpha value is -0.540. The largest absolute Gasteiger partial charge is 0.357 e. The summed E-state index contributed by atoms with van der Waals surface area (Å²) in [7, 11) is -2.90. The number of nitrogens with one attached hydrogen (secondary N) is 2. The highest BCUT2D eigenvalue weighted by molar-refractivity contribution is 14.0. The molecule has 1 unspecified atom stereocenters. The van der Waals surface area contributed by atoms with Gasteiger partial charge in [-0.05, 0) is 25.0 Å². The van der Waals surface area contributed by atoms with Gasteiger partial charge in [0.2, 0.25) is 0 Å². The molecule has 0 saturated carbocycles. The van der Waals surface area contributed by atoms with Crippen LogP contribution in [0.4, 0.5) is 0 Å². The van der Waals surface area contributed by atoms with E-state index in [0.717, 1.165) is 5.56 Å². The molecule has 1 aliphatic heterocycles. The third kappa shape index (κ3) is 5.92. The third-order valence-corrected chi connectivity index (χ3v) is 5.42. The van der Waals surface area contributed by atoms with Crippen molar-refractivity contribution in [1.29, 1.82) is 0 Å². The number of hydrogen-bond donors (Lipinski definition) is 2. The van der Waals surface area contributed by atoms with Gasteiger partial charge in [0, 0.05) is 17.6 Å². The molecular formula is C14H21ClIN3O2S. The van der Waals surface area contributed by atoms with E-state index in [1.165, 1.54) is 0 Å². The van der Waals surface area contributed by atoms with Gasteiger partial charge in [-0.3, -0.25) is 0 Å². The van der Waals surface area contributed by atoms with Crippen molar-refractivity contribution in [2.75, 3.05) is 18.1 Å². The lowest BCUT2D eigenvalue weighted by Gasteiger charge is -2.15. The van der Waals surface area contributed by atoms with Gasteiger partial charge in [-0.1, -0.05) is 29.8 Å². The van der Waals surface area contributed by atoms with Crippen molar-refractivity contribution in [3.63, 3.8) is 0 Å². The van der Waals surface area contributed by atoms with E-state index < -0.39 is 9.84 Å². The predicted octanol–water partition coefficient (Wildman–Crippen LogP) is 2.20. The van der Waals surface area contributed by atoms with Crippen molar-refractivity contribution >= 4 is 51.4 Å². The molecule has 1 aromatic carbocycles. The van der Waals surface area contributed by atoms with E-state index >= 15 is 0 Å². The Kier molecular flexibility index (Phi) is 7.92. The first-order valence-corrected chi connectivity index (χ1v) is 9.19. The second-order valence-electron chi connectivity index (χ2n) is 5.03. The maximum atomic E-state index is 11.5. The standard InChI is InChI=1S/C14H20ClN3O2S.HI/c1-2-16-14(18-12-7-8-21(19,20)10-12)17-9-11-5-3-4-6-13(11)15;/h3-6,12H,2,7-10H2,1H3,(H2,16,17,18);1H. The summed E-state index contributed by atoms with van der Waals surface area (Å²) in [5, 5.41) is 6.99. The minimum Gasteiger partial charge on any atom is -0.357 e. The lowest BCUT2D eigenvalue weighted by atomic mass is 10.2. The first kappa shape index (κ1) is 19.5. The quantitative estimate of drug-likeness (QED) is 0.413. The molecule has 1 fully saturated rings. The second kappa shape index (κ2) is 8.93. The summed E-state index contributed by atoms with van der Waals surface area (Å²) < 4.78 is 23.0. The monoisotopic (exact) mass is 457 g/mol. The number of halogens is 2. The summed E-state index contributed by atoms with van der Waals surface area (Å²) in [6, 6.07) is 7.48. The molecule has 8 heteroatoms. The summed E-state index contributed by atoms with van der Waals surface area (Å²) in [4.78, 5) is 4.47. The Labute approximate surface area is 153 Å². The lowest BCUT2D eigenvalue weighted by molar-refractivity contribution is 0.599. The number of rotatable bonds is 4. The molecule has 1 saturated heterocycles. The molecule has 5 nitrogen and oxygen atoms in total. The maximum absolute atomic E-state index is 11.5. The van der Waals surface area contributed by atoms with Crippen LogP contribution in [0.1, 0.15) is 18.9 Å². The van der Waals surface area contributed by atoms with Crippen molar-refractivity contribution in [2.24, 2.45) is 4.99 Å². The Morgan fingerprint density at radius 3 is 2.73 bits per heavy atom. The van der Waals surface area contributed by atoms with Gasteiger partial charge in [-0.2, -0.15) is 0 Å². The Bertz CT molecular complexity index is 622. The van der Waals surface area contributed by atoms with E-state index in [1.54, 1.807) is 0 Å². The van der Waals surface area contributed by atoms with E-state index in [1.807, 2.05) is 31.2 Å². The number of hydrogen-bond acceptors (Lipinski definition) is 3. The maximum Gasteiger partial charge on any atom is 0.191 e. The average molecular weight is 458 g/mol. The summed E-state index contributed by atoms with van der Waals surface area (Å²) in [6.07, 6.45) is 0.624.